The van der Waals surface area contributed by atoms with Crippen LogP contribution in [0.1, 0.15) is 48.0 Å². The highest BCUT2D eigenvalue weighted by Crippen LogP contribution is 2.43. The molecule has 0 spiro atoms. The van der Waals surface area contributed by atoms with E-state index in [-0.39, 0.29) is 5.54 Å². The fraction of sp³-hybridized carbons (Fsp3) is 0.533. The first kappa shape index (κ1) is 13.9. The van der Waals surface area contributed by atoms with Crippen molar-refractivity contribution in [2.24, 2.45) is 5.73 Å². The number of primary amides is 1. The highest BCUT2D eigenvalue weighted by molar-refractivity contribution is 5.98. The van der Waals surface area contributed by atoms with Crippen LogP contribution in [0.4, 0.5) is 5.69 Å². The largest absolute Gasteiger partial charge is 0.398 e. The van der Waals surface area contributed by atoms with Crippen LogP contribution < -0.4 is 11.5 Å². The number of rotatable bonds is 3. The normalized spacial score (nSPS) is 18.5. The minimum atomic E-state index is -0.455. The SMILES string of the molecule is CN(C)C1(c2cccc(C(N)=O)c2N)CCCCC1. The number of carbonyl (C=O) groups is 1. The Morgan fingerprint density at radius 2 is 1.84 bits per heavy atom. The summed E-state index contributed by atoms with van der Waals surface area (Å²) in [6, 6.07) is 5.62. The van der Waals surface area contributed by atoms with E-state index in [2.05, 4.69) is 19.0 Å². The van der Waals surface area contributed by atoms with E-state index in [0.29, 0.717) is 11.3 Å². The minimum Gasteiger partial charge on any atom is -0.398 e. The van der Waals surface area contributed by atoms with Gasteiger partial charge in [0.15, 0.2) is 0 Å². The predicted molar refractivity (Wildman–Crippen MR) is 77.8 cm³/mol. The van der Waals surface area contributed by atoms with E-state index in [1.165, 1.54) is 19.3 Å². The summed E-state index contributed by atoms with van der Waals surface area (Å²) in [5.41, 5.74) is 13.6. The van der Waals surface area contributed by atoms with Gasteiger partial charge in [0.25, 0.3) is 5.91 Å². The first-order valence-electron chi connectivity index (χ1n) is 6.85. The summed E-state index contributed by atoms with van der Waals surface area (Å²) < 4.78 is 0. The molecule has 1 amide bonds. The Labute approximate surface area is 114 Å². The highest BCUT2D eigenvalue weighted by Gasteiger charge is 2.37. The molecular weight excluding hydrogens is 238 g/mol. The average Bonchev–Trinajstić information content (AvgIpc) is 2.39. The van der Waals surface area contributed by atoms with Gasteiger partial charge in [-0.2, -0.15) is 0 Å². The standard InChI is InChI=1S/C15H23N3O/c1-18(2)15(9-4-3-5-10-15)12-8-6-7-11(13(12)16)14(17)19/h6-8H,3-5,9-10,16H2,1-2H3,(H2,17,19). The fourth-order valence-corrected chi connectivity index (χ4v) is 3.28. The van der Waals surface area contributed by atoms with Crippen LogP contribution in [0.25, 0.3) is 0 Å². The lowest BCUT2D eigenvalue weighted by molar-refractivity contribution is 0.0979. The summed E-state index contributed by atoms with van der Waals surface area (Å²) in [7, 11) is 4.17. The van der Waals surface area contributed by atoms with Crippen molar-refractivity contribution in [2.45, 2.75) is 37.6 Å². The van der Waals surface area contributed by atoms with Crippen molar-refractivity contribution in [1.29, 1.82) is 0 Å². The Hall–Kier alpha value is -1.55. The molecule has 0 heterocycles. The molecule has 1 saturated carbocycles. The van der Waals surface area contributed by atoms with Crippen molar-refractivity contribution in [3.05, 3.63) is 29.3 Å². The predicted octanol–water partition coefficient (Wildman–Crippen LogP) is 2.09. The fourth-order valence-electron chi connectivity index (χ4n) is 3.28. The maximum absolute atomic E-state index is 11.5. The van der Waals surface area contributed by atoms with Gasteiger partial charge in [0.05, 0.1) is 5.56 Å². The number of hydrogen-bond acceptors (Lipinski definition) is 3. The number of amides is 1. The molecule has 0 radical (unpaired) electrons. The molecule has 0 bridgehead atoms. The maximum Gasteiger partial charge on any atom is 0.250 e. The number of hydrogen-bond donors (Lipinski definition) is 2. The van der Waals surface area contributed by atoms with Gasteiger partial charge in [-0.25, -0.2) is 0 Å². The molecule has 0 saturated heterocycles. The Kier molecular flexibility index (Phi) is 3.80. The van der Waals surface area contributed by atoms with Crippen molar-refractivity contribution in [3.8, 4) is 0 Å². The molecule has 4 N–H and O–H groups in total. The number of carbonyl (C=O) groups excluding carboxylic acids is 1. The molecule has 1 aromatic carbocycles. The zero-order chi connectivity index (χ0) is 14.0. The van der Waals surface area contributed by atoms with Crippen molar-refractivity contribution < 1.29 is 4.79 Å². The van der Waals surface area contributed by atoms with Crippen LogP contribution in [0.3, 0.4) is 0 Å². The molecule has 19 heavy (non-hydrogen) atoms. The second-order valence-electron chi connectivity index (χ2n) is 5.62. The van der Waals surface area contributed by atoms with Crippen LogP contribution >= 0.6 is 0 Å². The van der Waals surface area contributed by atoms with Crippen molar-refractivity contribution >= 4 is 11.6 Å². The van der Waals surface area contributed by atoms with E-state index in [1.54, 1.807) is 6.07 Å². The van der Waals surface area contributed by atoms with E-state index in [9.17, 15) is 4.79 Å². The Morgan fingerprint density at radius 3 is 2.37 bits per heavy atom. The van der Waals surface area contributed by atoms with Crippen molar-refractivity contribution in [3.63, 3.8) is 0 Å². The molecule has 1 aliphatic rings. The van der Waals surface area contributed by atoms with Crippen LogP contribution in [0.5, 0.6) is 0 Å². The van der Waals surface area contributed by atoms with Gasteiger partial charge in [0, 0.05) is 11.2 Å². The summed E-state index contributed by atoms with van der Waals surface area (Å²) in [6.07, 6.45) is 5.81. The molecule has 104 valence electrons. The van der Waals surface area contributed by atoms with E-state index >= 15 is 0 Å². The Bertz CT molecular complexity index is 476. The molecule has 0 atom stereocenters. The second-order valence-corrected chi connectivity index (χ2v) is 5.62. The molecule has 0 aliphatic heterocycles. The van der Waals surface area contributed by atoms with Gasteiger partial charge >= 0.3 is 0 Å². The summed E-state index contributed by atoms with van der Waals surface area (Å²) in [5, 5.41) is 0. The van der Waals surface area contributed by atoms with E-state index in [1.807, 2.05) is 12.1 Å². The molecule has 1 aliphatic carbocycles. The van der Waals surface area contributed by atoms with Crippen molar-refractivity contribution in [1.82, 2.24) is 4.90 Å². The van der Waals surface area contributed by atoms with Crippen LogP contribution in [0, 0.1) is 0 Å². The smallest absolute Gasteiger partial charge is 0.250 e. The van der Waals surface area contributed by atoms with Crippen molar-refractivity contribution in [2.75, 3.05) is 19.8 Å². The Morgan fingerprint density at radius 1 is 1.21 bits per heavy atom. The van der Waals surface area contributed by atoms with E-state index in [0.717, 1.165) is 18.4 Å². The molecule has 0 unspecified atom stereocenters. The monoisotopic (exact) mass is 261 g/mol. The molecule has 2 rings (SSSR count). The van der Waals surface area contributed by atoms with Gasteiger partial charge in [-0.05, 0) is 38.6 Å². The number of nitrogen functional groups attached to an aromatic ring is 1. The molecule has 1 aromatic rings. The number of anilines is 1. The lowest BCUT2D eigenvalue weighted by Crippen LogP contribution is -2.43. The molecule has 1 fully saturated rings. The van der Waals surface area contributed by atoms with Gasteiger partial charge < -0.3 is 11.5 Å². The van der Waals surface area contributed by atoms with E-state index in [4.69, 9.17) is 11.5 Å². The van der Waals surface area contributed by atoms with Gasteiger partial charge in [0.1, 0.15) is 0 Å². The third-order valence-electron chi connectivity index (χ3n) is 4.41. The molecule has 4 nitrogen and oxygen atoms in total. The summed E-state index contributed by atoms with van der Waals surface area (Å²) in [6.45, 7) is 0. The first-order valence-corrected chi connectivity index (χ1v) is 6.85. The number of nitrogens with two attached hydrogens (primary N) is 2. The van der Waals surface area contributed by atoms with Gasteiger partial charge in [-0.1, -0.05) is 31.4 Å². The number of benzene rings is 1. The molecule has 4 heteroatoms. The Balaban J connectivity index is 2.54. The lowest BCUT2D eigenvalue weighted by atomic mass is 9.74. The van der Waals surface area contributed by atoms with Gasteiger partial charge in [0.2, 0.25) is 0 Å². The lowest BCUT2D eigenvalue weighted by Gasteiger charge is -2.44. The topological polar surface area (TPSA) is 72.3 Å². The van der Waals surface area contributed by atoms with Crippen LogP contribution in [-0.2, 0) is 5.54 Å². The maximum atomic E-state index is 11.5. The number of nitrogens with zero attached hydrogens (tertiary/aromatic N) is 1. The quantitative estimate of drug-likeness (QED) is 0.818. The zero-order valence-electron chi connectivity index (χ0n) is 11.8. The molecule has 0 aromatic heterocycles. The third-order valence-corrected chi connectivity index (χ3v) is 4.41. The minimum absolute atomic E-state index is 0.0617. The number of para-hydroxylation sites is 1. The van der Waals surface area contributed by atoms with Gasteiger partial charge in [-0.15, -0.1) is 0 Å². The average molecular weight is 261 g/mol. The van der Waals surface area contributed by atoms with Crippen LogP contribution in [0.15, 0.2) is 18.2 Å². The second kappa shape index (κ2) is 5.21. The third kappa shape index (κ3) is 2.32. The van der Waals surface area contributed by atoms with Crippen LogP contribution in [-0.4, -0.2) is 24.9 Å². The van der Waals surface area contributed by atoms with E-state index < -0.39 is 5.91 Å². The summed E-state index contributed by atoms with van der Waals surface area (Å²) >= 11 is 0. The van der Waals surface area contributed by atoms with Crippen LogP contribution in [0.2, 0.25) is 0 Å². The highest BCUT2D eigenvalue weighted by atomic mass is 16.1. The summed E-state index contributed by atoms with van der Waals surface area (Å²) in [4.78, 5) is 13.7. The molecular formula is C15H23N3O. The zero-order valence-corrected chi connectivity index (χ0v) is 11.8. The van der Waals surface area contributed by atoms with Gasteiger partial charge in [-0.3, -0.25) is 9.69 Å². The summed E-state index contributed by atoms with van der Waals surface area (Å²) in [5.74, 6) is -0.455. The first-order chi connectivity index (χ1) is 8.99.